The fraction of sp³-hybridized carbons (Fsp3) is 0.938. The molecule has 0 spiro atoms. The number of unbranched alkanes of at least 4 members (excludes halogenated alkanes) is 15. The van der Waals surface area contributed by atoms with Crippen LogP contribution in [-0.2, 0) is 0 Å². The largest absolute Gasteiger partial charge is 0.384 e. The van der Waals surface area contributed by atoms with E-state index < -0.39 is 0 Å². The Morgan fingerprint density at radius 2 is 0.970 bits per heavy atom. The van der Waals surface area contributed by atoms with Gasteiger partial charge in [-0.25, -0.2) is 0 Å². The van der Waals surface area contributed by atoms with Crippen molar-refractivity contribution in [2.24, 2.45) is 17.8 Å². The summed E-state index contributed by atoms with van der Waals surface area (Å²) in [5.74, 6) is 3.03. The Morgan fingerprint density at radius 3 is 1.39 bits per heavy atom. The van der Waals surface area contributed by atoms with E-state index in [1.165, 1.54) is 141 Å². The zero-order valence-electron chi connectivity index (χ0n) is 23.6. The summed E-state index contributed by atoms with van der Waals surface area (Å²) in [5, 5.41) is 0. The molecule has 1 fully saturated rings. The normalized spacial score (nSPS) is 18.8. The molecule has 0 aromatic heterocycles. The molecule has 0 amide bonds. The second kappa shape index (κ2) is 22.0. The summed E-state index contributed by atoms with van der Waals surface area (Å²) in [6.45, 7) is 4.62. The van der Waals surface area contributed by atoms with Gasteiger partial charge < -0.3 is 4.90 Å². The van der Waals surface area contributed by atoms with Crippen LogP contribution in [0.3, 0.4) is 0 Å². The molecule has 1 aliphatic carbocycles. The van der Waals surface area contributed by atoms with E-state index in [9.17, 15) is 0 Å². The molecule has 1 nitrogen and oxygen atoms in total. The van der Waals surface area contributed by atoms with E-state index >= 15 is 0 Å². The monoisotopic (exact) mass is 461 g/mol. The number of rotatable bonds is 25. The van der Waals surface area contributed by atoms with Crippen molar-refractivity contribution in [2.75, 3.05) is 14.1 Å². The highest BCUT2D eigenvalue weighted by Gasteiger charge is 2.34. The maximum Gasteiger partial charge on any atom is 0.00555 e. The highest BCUT2D eigenvalue weighted by atomic mass is 15.0. The summed E-state index contributed by atoms with van der Waals surface area (Å²) in [7, 11) is 4.30. The van der Waals surface area contributed by atoms with E-state index in [0.717, 1.165) is 17.8 Å². The third-order valence-corrected chi connectivity index (χ3v) is 7.98. The van der Waals surface area contributed by atoms with Gasteiger partial charge in [0.2, 0.25) is 0 Å². The van der Waals surface area contributed by atoms with Crippen LogP contribution in [-0.4, -0.2) is 19.0 Å². The Bertz CT molecular complexity index is 426. The number of hydrogen-bond donors (Lipinski definition) is 0. The van der Waals surface area contributed by atoms with Gasteiger partial charge in [0.25, 0.3) is 0 Å². The van der Waals surface area contributed by atoms with Gasteiger partial charge >= 0.3 is 0 Å². The lowest BCUT2D eigenvalue weighted by molar-refractivity contribution is 0.454. The molecule has 196 valence electrons. The Kier molecular flexibility index (Phi) is 20.4. The minimum absolute atomic E-state index is 0.803. The number of hydrogen-bond acceptors (Lipinski definition) is 1. The smallest absolute Gasteiger partial charge is 0.00555 e. The highest BCUT2D eigenvalue weighted by molar-refractivity contribution is 4.87. The average Bonchev–Trinajstić information content (AvgIpc) is 3.55. The summed E-state index contributed by atoms with van der Waals surface area (Å²) in [5.41, 5.74) is 0. The minimum Gasteiger partial charge on any atom is -0.384 e. The highest BCUT2D eigenvalue weighted by Crippen LogP contribution is 2.45. The Balaban J connectivity index is 1.97. The van der Waals surface area contributed by atoms with Gasteiger partial charge in [0, 0.05) is 14.1 Å². The van der Waals surface area contributed by atoms with Gasteiger partial charge in [-0.1, -0.05) is 148 Å². The molecule has 1 rings (SSSR count). The molecule has 1 unspecified atom stereocenters. The van der Waals surface area contributed by atoms with Crippen molar-refractivity contribution in [3.05, 3.63) is 12.3 Å². The first-order valence-corrected chi connectivity index (χ1v) is 15.5. The van der Waals surface area contributed by atoms with Gasteiger partial charge in [0.15, 0.2) is 0 Å². The lowest BCUT2D eigenvalue weighted by Crippen LogP contribution is -2.04. The van der Waals surface area contributed by atoms with Crippen LogP contribution >= 0.6 is 0 Å². The average molecular weight is 462 g/mol. The van der Waals surface area contributed by atoms with Gasteiger partial charge in [0.05, 0.1) is 0 Å². The summed E-state index contributed by atoms with van der Waals surface area (Å²) < 4.78 is 0. The molecular formula is C32H63N. The van der Waals surface area contributed by atoms with E-state index in [1.807, 2.05) is 0 Å². The number of nitrogens with zero attached hydrogens (tertiary/aromatic N) is 1. The van der Waals surface area contributed by atoms with Gasteiger partial charge in [-0.2, -0.15) is 0 Å². The van der Waals surface area contributed by atoms with Crippen molar-refractivity contribution < 1.29 is 0 Å². The first-order chi connectivity index (χ1) is 16.2. The lowest BCUT2D eigenvalue weighted by Gasteiger charge is -2.14. The molecule has 1 saturated carbocycles. The molecule has 1 heteroatoms. The van der Waals surface area contributed by atoms with Crippen LogP contribution in [0, 0.1) is 17.8 Å². The standard InChI is InChI=1S/C32H63N/c1-5-7-9-11-13-15-19-23-30(27-28-33(3)4)24-20-16-14-18-22-26-32-29-31(32)25-21-17-12-10-8-6-2/h27-28,30-32H,5-26,29H2,1-4H3/b28-27+/t30?,31-,32+/m1/s1. The number of allylic oxidation sites excluding steroid dienone is 1. The molecule has 0 bridgehead atoms. The van der Waals surface area contributed by atoms with E-state index in [-0.39, 0.29) is 0 Å². The third-order valence-electron chi connectivity index (χ3n) is 7.98. The lowest BCUT2D eigenvalue weighted by atomic mass is 9.94. The molecule has 0 aromatic carbocycles. The predicted octanol–water partition coefficient (Wildman–Crippen LogP) is 10.9. The first kappa shape index (κ1) is 30.6. The van der Waals surface area contributed by atoms with E-state index in [1.54, 1.807) is 6.42 Å². The Labute approximate surface area is 210 Å². The Morgan fingerprint density at radius 1 is 0.576 bits per heavy atom. The molecule has 33 heavy (non-hydrogen) atoms. The fourth-order valence-corrected chi connectivity index (χ4v) is 5.54. The molecule has 0 aromatic rings. The van der Waals surface area contributed by atoms with Gasteiger partial charge in [0.1, 0.15) is 0 Å². The summed E-state index contributed by atoms with van der Waals surface area (Å²) in [6, 6.07) is 0. The second-order valence-corrected chi connectivity index (χ2v) is 11.6. The zero-order chi connectivity index (χ0) is 24.0. The van der Waals surface area contributed by atoms with Gasteiger partial charge in [-0.3, -0.25) is 0 Å². The van der Waals surface area contributed by atoms with Crippen molar-refractivity contribution in [1.82, 2.24) is 4.90 Å². The van der Waals surface area contributed by atoms with Crippen molar-refractivity contribution in [1.29, 1.82) is 0 Å². The van der Waals surface area contributed by atoms with Crippen LogP contribution in [0.2, 0.25) is 0 Å². The maximum atomic E-state index is 2.49. The van der Waals surface area contributed by atoms with Crippen molar-refractivity contribution in [3.63, 3.8) is 0 Å². The summed E-state index contributed by atoms with van der Waals surface area (Å²) >= 11 is 0. The molecule has 0 heterocycles. The van der Waals surface area contributed by atoms with Gasteiger partial charge in [-0.15, -0.1) is 0 Å². The molecule has 0 aliphatic heterocycles. The van der Waals surface area contributed by atoms with Crippen LogP contribution in [0.15, 0.2) is 12.3 Å². The zero-order valence-corrected chi connectivity index (χ0v) is 23.6. The van der Waals surface area contributed by atoms with E-state index in [4.69, 9.17) is 0 Å². The van der Waals surface area contributed by atoms with Crippen LogP contribution < -0.4 is 0 Å². The predicted molar refractivity (Wildman–Crippen MR) is 151 cm³/mol. The maximum absolute atomic E-state index is 2.49. The Hall–Kier alpha value is -0.460. The first-order valence-electron chi connectivity index (χ1n) is 15.5. The van der Waals surface area contributed by atoms with Crippen LogP contribution in [0.1, 0.15) is 162 Å². The van der Waals surface area contributed by atoms with Crippen molar-refractivity contribution >= 4 is 0 Å². The van der Waals surface area contributed by atoms with Crippen LogP contribution in [0.5, 0.6) is 0 Å². The molecule has 0 N–H and O–H groups in total. The molecule has 1 aliphatic rings. The molecular weight excluding hydrogens is 398 g/mol. The van der Waals surface area contributed by atoms with Crippen molar-refractivity contribution in [2.45, 2.75) is 162 Å². The molecule has 0 radical (unpaired) electrons. The topological polar surface area (TPSA) is 3.24 Å². The SMILES string of the molecule is CCCCCCCCCC(/C=C/N(C)C)CCCCCCC[C@H]1C[C@H]1CCCCCCCC. The summed E-state index contributed by atoms with van der Waals surface area (Å²) in [6.07, 6.45) is 38.3. The van der Waals surface area contributed by atoms with Crippen molar-refractivity contribution in [3.8, 4) is 0 Å². The van der Waals surface area contributed by atoms with Crippen LogP contribution in [0.4, 0.5) is 0 Å². The fourth-order valence-electron chi connectivity index (χ4n) is 5.54. The molecule has 0 saturated heterocycles. The quantitative estimate of drug-likeness (QED) is 0.122. The van der Waals surface area contributed by atoms with E-state index in [0.29, 0.717) is 0 Å². The second-order valence-electron chi connectivity index (χ2n) is 11.6. The minimum atomic E-state index is 0.803. The van der Waals surface area contributed by atoms with Crippen LogP contribution in [0.25, 0.3) is 0 Å². The third kappa shape index (κ3) is 19.5. The summed E-state index contributed by atoms with van der Waals surface area (Å²) in [4.78, 5) is 2.20. The van der Waals surface area contributed by atoms with Gasteiger partial charge in [-0.05, 0) is 43.2 Å². The van der Waals surface area contributed by atoms with E-state index in [2.05, 4.69) is 45.1 Å². The molecule has 3 atom stereocenters.